The number of halogens is 2. The summed E-state index contributed by atoms with van der Waals surface area (Å²) in [5, 5.41) is 0. The zero-order valence-corrected chi connectivity index (χ0v) is 11.3. The van der Waals surface area contributed by atoms with Crippen LogP contribution in [-0.4, -0.2) is 18.1 Å². The van der Waals surface area contributed by atoms with Crippen LogP contribution in [0.4, 0.5) is 5.82 Å². The Morgan fingerprint density at radius 3 is 2.71 bits per heavy atom. The number of pyridine rings is 1. The van der Waals surface area contributed by atoms with Gasteiger partial charge in [-0.3, -0.25) is 4.72 Å². The second-order valence-electron chi connectivity index (χ2n) is 2.64. The Morgan fingerprint density at radius 1 is 1.57 bits per heavy atom. The Labute approximate surface area is 99.4 Å². The van der Waals surface area contributed by atoms with E-state index in [9.17, 15) is 8.42 Å². The molecular formula is C7H8Br2N2O2S. The Balaban J connectivity index is 2.99. The highest BCUT2D eigenvalue weighted by Gasteiger charge is 2.10. The van der Waals surface area contributed by atoms with Gasteiger partial charge in [-0.05, 0) is 34.5 Å². The molecule has 0 aliphatic heterocycles. The van der Waals surface area contributed by atoms with Gasteiger partial charge in [0.05, 0.1) is 0 Å². The van der Waals surface area contributed by atoms with Crippen molar-refractivity contribution in [1.82, 2.24) is 4.98 Å². The van der Waals surface area contributed by atoms with Crippen LogP contribution < -0.4 is 4.72 Å². The number of alkyl halides is 1. The maximum absolute atomic E-state index is 11.2. The number of nitrogens with one attached hydrogen (secondary N) is 1. The van der Waals surface area contributed by atoms with Crippen molar-refractivity contribution in [2.75, 3.05) is 9.38 Å². The second kappa shape index (κ2) is 4.59. The minimum atomic E-state index is -3.32. The number of hydrogen-bond donors (Lipinski definition) is 1. The molecule has 1 aromatic rings. The molecule has 1 rings (SSSR count). The van der Waals surface area contributed by atoms with E-state index in [4.69, 9.17) is 0 Å². The van der Waals surface area contributed by atoms with Crippen molar-refractivity contribution in [3.05, 3.63) is 22.3 Å². The number of sulfonamides is 1. The Morgan fingerprint density at radius 2 is 2.21 bits per heavy atom. The average Bonchev–Trinajstić information content (AvgIpc) is 2.10. The summed E-state index contributed by atoms with van der Waals surface area (Å²) in [5.41, 5.74) is 0.768. The third-order valence-corrected chi connectivity index (χ3v) is 4.47. The second-order valence-corrected chi connectivity index (χ2v) is 6.59. The largest absolute Gasteiger partial charge is 0.266 e. The number of hydrogen-bond acceptors (Lipinski definition) is 3. The van der Waals surface area contributed by atoms with Gasteiger partial charge in [0.15, 0.2) is 0 Å². The summed E-state index contributed by atoms with van der Waals surface area (Å²) in [6.07, 6.45) is 1.54. The van der Waals surface area contributed by atoms with Crippen LogP contribution in [0.5, 0.6) is 0 Å². The maximum atomic E-state index is 11.2. The van der Waals surface area contributed by atoms with Gasteiger partial charge in [-0.2, -0.15) is 0 Å². The van der Waals surface area contributed by atoms with Crippen molar-refractivity contribution in [2.24, 2.45) is 0 Å². The highest BCUT2D eigenvalue weighted by Crippen LogP contribution is 2.17. The van der Waals surface area contributed by atoms with E-state index >= 15 is 0 Å². The zero-order chi connectivity index (χ0) is 10.8. The first-order valence-corrected chi connectivity index (χ1v) is 7.20. The van der Waals surface area contributed by atoms with Gasteiger partial charge in [0, 0.05) is 10.7 Å². The summed E-state index contributed by atoms with van der Waals surface area (Å²) in [7, 11) is -3.32. The zero-order valence-electron chi connectivity index (χ0n) is 7.29. The van der Waals surface area contributed by atoms with Crippen molar-refractivity contribution in [1.29, 1.82) is 0 Å². The van der Waals surface area contributed by atoms with E-state index < -0.39 is 10.0 Å². The molecule has 0 unspecified atom stereocenters. The summed E-state index contributed by atoms with van der Waals surface area (Å²) < 4.78 is 25.4. The van der Waals surface area contributed by atoms with Crippen molar-refractivity contribution < 1.29 is 8.42 Å². The molecule has 1 aromatic heterocycles. The van der Waals surface area contributed by atoms with Crippen molar-refractivity contribution >= 4 is 47.7 Å². The third kappa shape index (κ3) is 3.21. The van der Waals surface area contributed by atoms with Crippen LogP contribution in [0.2, 0.25) is 0 Å². The van der Waals surface area contributed by atoms with Crippen LogP contribution in [0, 0.1) is 6.92 Å². The Kier molecular flexibility index (Phi) is 3.91. The molecule has 78 valence electrons. The Hall–Kier alpha value is -0.140. The first kappa shape index (κ1) is 11.9. The predicted octanol–water partition coefficient (Wildman–Crippen LogP) is 2.25. The first-order valence-electron chi connectivity index (χ1n) is 3.63. The van der Waals surface area contributed by atoms with Gasteiger partial charge >= 0.3 is 0 Å². The van der Waals surface area contributed by atoms with E-state index in [0.717, 1.165) is 10.0 Å². The molecule has 7 heteroatoms. The highest BCUT2D eigenvalue weighted by molar-refractivity contribution is 9.11. The number of rotatable bonds is 3. The van der Waals surface area contributed by atoms with Crippen LogP contribution in [-0.2, 0) is 10.0 Å². The fourth-order valence-corrected chi connectivity index (χ4v) is 2.17. The fraction of sp³-hybridized carbons (Fsp3) is 0.286. The molecule has 4 nitrogen and oxygen atoms in total. The van der Waals surface area contributed by atoms with E-state index in [2.05, 4.69) is 41.6 Å². The van der Waals surface area contributed by atoms with E-state index in [-0.39, 0.29) is 4.66 Å². The van der Waals surface area contributed by atoms with Gasteiger partial charge in [-0.25, -0.2) is 13.4 Å². The summed E-state index contributed by atoms with van der Waals surface area (Å²) >= 11 is 6.12. The molecule has 1 heterocycles. The summed E-state index contributed by atoms with van der Waals surface area (Å²) in [5.74, 6) is 0.354. The highest BCUT2D eigenvalue weighted by atomic mass is 79.9. The van der Waals surface area contributed by atoms with E-state index in [1.165, 1.54) is 0 Å². The van der Waals surface area contributed by atoms with Gasteiger partial charge < -0.3 is 0 Å². The van der Waals surface area contributed by atoms with E-state index in [0.29, 0.717) is 5.82 Å². The molecule has 0 aliphatic rings. The van der Waals surface area contributed by atoms with Crippen LogP contribution in [0.3, 0.4) is 0 Å². The van der Waals surface area contributed by atoms with Crippen LogP contribution in [0.25, 0.3) is 0 Å². The smallest absolute Gasteiger partial charge is 0.243 e. The number of aromatic nitrogens is 1. The lowest BCUT2D eigenvalue weighted by Crippen LogP contribution is -2.15. The van der Waals surface area contributed by atoms with Crippen LogP contribution >= 0.6 is 31.9 Å². The molecular weight excluding hydrogens is 336 g/mol. The van der Waals surface area contributed by atoms with E-state index in [1.807, 2.05) is 0 Å². The normalized spacial score (nSPS) is 11.4. The summed E-state index contributed by atoms with van der Waals surface area (Å²) in [4.78, 5) is 3.95. The van der Waals surface area contributed by atoms with Crippen LogP contribution in [0.1, 0.15) is 5.56 Å². The van der Waals surface area contributed by atoms with Gasteiger partial charge in [-0.1, -0.05) is 15.9 Å². The summed E-state index contributed by atoms with van der Waals surface area (Å²) in [6, 6.07) is 1.79. The molecule has 0 bridgehead atoms. The van der Waals surface area contributed by atoms with Gasteiger partial charge in [0.2, 0.25) is 10.0 Å². The number of anilines is 1. The van der Waals surface area contributed by atoms with Gasteiger partial charge in [0.25, 0.3) is 0 Å². The van der Waals surface area contributed by atoms with Gasteiger partial charge in [0.1, 0.15) is 10.5 Å². The molecule has 0 aromatic carbocycles. The molecule has 0 spiro atoms. The fourth-order valence-electron chi connectivity index (χ4n) is 0.822. The molecule has 0 amide bonds. The molecule has 0 radical (unpaired) electrons. The molecule has 0 atom stereocenters. The van der Waals surface area contributed by atoms with Gasteiger partial charge in [-0.15, -0.1) is 0 Å². The molecule has 0 aliphatic carbocycles. The molecule has 0 fully saturated rings. The number of nitrogens with zero attached hydrogens (tertiary/aromatic N) is 1. The lowest BCUT2D eigenvalue weighted by atomic mass is 10.3. The molecule has 1 N–H and O–H groups in total. The standard InChI is InChI=1S/C7H8Br2N2O2S/c1-5-2-6(9)3-10-7(5)11-14(12,13)4-8/h2-3H,4H2,1H3,(H,10,11). The maximum Gasteiger partial charge on any atom is 0.243 e. The molecule has 14 heavy (non-hydrogen) atoms. The lowest BCUT2D eigenvalue weighted by Gasteiger charge is -2.07. The van der Waals surface area contributed by atoms with Crippen molar-refractivity contribution in [3.8, 4) is 0 Å². The monoisotopic (exact) mass is 342 g/mol. The lowest BCUT2D eigenvalue weighted by molar-refractivity contribution is 0.606. The Bertz CT molecular complexity index is 433. The first-order chi connectivity index (χ1) is 6.44. The summed E-state index contributed by atoms with van der Waals surface area (Å²) in [6.45, 7) is 1.78. The minimum absolute atomic E-state index is 0.142. The topological polar surface area (TPSA) is 59.1 Å². The third-order valence-electron chi connectivity index (χ3n) is 1.44. The quantitative estimate of drug-likeness (QED) is 0.856. The van der Waals surface area contributed by atoms with Crippen LogP contribution in [0.15, 0.2) is 16.7 Å². The van der Waals surface area contributed by atoms with Crippen molar-refractivity contribution in [3.63, 3.8) is 0 Å². The van der Waals surface area contributed by atoms with Crippen molar-refractivity contribution in [2.45, 2.75) is 6.92 Å². The number of aryl methyl sites for hydroxylation is 1. The molecule has 0 saturated heterocycles. The SMILES string of the molecule is Cc1cc(Br)cnc1NS(=O)(=O)CBr. The minimum Gasteiger partial charge on any atom is -0.266 e. The predicted molar refractivity (Wildman–Crippen MR) is 63.0 cm³/mol. The molecule has 0 saturated carbocycles. The van der Waals surface area contributed by atoms with E-state index in [1.54, 1.807) is 19.2 Å². The average molecular weight is 344 g/mol.